The summed E-state index contributed by atoms with van der Waals surface area (Å²) in [5.41, 5.74) is 4.84. The van der Waals surface area contributed by atoms with Crippen molar-refractivity contribution in [3.05, 3.63) is 64.2 Å². The van der Waals surface area contributed by atoms with Crippen molar-refractivity contribution in [2.24, 2.45) is 0 Å². The Morgan fingerprint density at radius 3 is 2.76 bits per heavy atom. The molecule has 0 atom stereocenters. The third-order valence-corrected chi connectivity index (χ3v) is 4.75. The number of methoxy groups -OCH3 is 1. The number of nitrogens with one attached hydrogen (secondary N) is 1. The van der Waals surface area contributed by atoms with Crippen LogP contribution in [-0.2, 0) is 29.0 Å². The molecule has 0 aromatic heterocycles. The van der Waals surface area contributed by atoms with Crippen LogP contribution in [0.3, 0.4) is 0 Å². The summed E-state index contributed by atoms with van der Waals surface area (Å²) < 4.78 is 5.00. The minimum absolute atomic E-state index is 0.164. The number of carbonyl (C=O) groups is 1. The number of rotatable bonds is 6. The molecule has 1 aliphatic rings. The van der Waals surface area contributed by atoms with Crippen molar-refractivity contribution >= 4 is 23.2 Å². The summed E-state index contributed by atoms with van der Waals surface area (Å²) in [5.74, 6) is 0.164. The average Bonchev–Trinajstić information content (AvgIpc) is 2.65. The van der Waals surface area contributed by atoms with E-state index in [0.29, 0.717) is 19.6 Å². The average molecular weight is 359 g/mol. The third kappa shape index (κ3) is 4.74. The van der Waals surface area contributed by atoms with Crippen LogP contribution in [0, 0.1) is 0 Å². The van der Waals surface area contributed by atoms with Crippen molar-refractivity contribution in [3.8, 4) is 0 Å². The predicted molar refractivity (Wildman–Crippen MR) is 101 cm³/mol. The molecule has 0 aliphatic carbocycles. The highest BCUT2D eigenvalue weighted by molar-refractivity contribution is 6.30. The van der Waals surface area contributed by atoms with E-state index >= 15 is 0 Å². The Kier molecular flexibility index (Phi) is 5.95. The molecule has 0 saturated heterocycles. The molecule has 1 heterocycles. The van der Waals surface area contributed by atoms with Crippen LogP contribution < -0.4 is 5.32 Å². The summed E-state index contributed by atoms with van der Waals surface area (Å²) in [5, 5.41) is 4.20. The van der Waals surface area contributed by atoms with Crippen molar-refractivity contribution in [2.75, 3.05) is 25.6 Å². The standard InChI is InChI=1S/C20H23ClN2O2/c1-25-11-9-20(24)23-10-8-16-12-19(7-4-17(16)14-23)22-13-15-2-5-18(21)6-3-15/h2-7,12,22H,8-11,13-14H2,1H3. The summed E-state index contributed by atoms with van der Waals surface area (Å²) in [7, 11) is 1.62. The van der Waals surface area contributed by atoms with Gasteiger partial charge in [-0.25, -0.2) is 0 Å². The first-order chi connectivity index (χ1) is 12.2. The molecule has 25 heavy (non-hydrogen) atoms. The minimum Gasteiger partial charge on any atom is -0.384 e. The SMILES string of the molecule is COCCC(=O)N1CCc2cc(NCc3ccc(Cl)cc3)ccc2C1. The molecule has 0 unspecified atom stereocenters. The van der Waals surface area contributed by atoms with Gasteiger partial charge in [0.1, 0.15) is 0 Å². The molecular formula is C20H23ClN2O2. The summed E-state index contributed by atoms with van der Waals surface area (Å²) >= 11 is 5.91. The molecule has 132 valence electrons. The smallest absolute Gasteiger partial charge is 0.225 e. The van der Waals surface area contributed by atoms with Crippen LogP contribution in [0.4, 0.5) is 5.69 Å². The fraction of sp³-hybridized carbons (Fsp3) is 0.350. The Bertz CT molecular complexity index is 731. The monoisotopic (exact) mass is 358 g/mol. The molecule has 0 radical (unpaired) electrons. The summed E-state index contributed by atoms with van der Waals surface area (Å²) in [6.07, 6.45) is 1.34. The maximum absolute atomic E-state index is 12.1. The molecule has 0 bridgehead atoms. The number of fused-ring (bicyclic) bond motifs is 1. The van der Waals surface area contributed by atoms with Gasteiger partial charge in [-0.3, -0.25) is 4.79 Å². The van der Waals surface area contributed by atoms with Crippen molar-refractivity contribution in [2.45, 2.75) is 25.9 Å². The van der Waals surface area contributed by atoms with Gasteiger partial charge in [-0.15, -0.1) is 0 Å². The summed E-state index contributed by atoms with van der Waals surface area (Å²) in [4.78, 5) is 14.1. The van der Waals surface area contributed by atoms with Gasteiger partial charge in [0.15, 0.2) is 0 Å². The van der Waals surface area contributed by atoms with Gasteiger partial charge in [-0.2, -0.15) is 0 Å². The molecule has 2 aromatic carbocycles. The van der Waals surface area contributed by atoms with E-state index in [1.54, 1.807) is 7.11 Å². The van der Waals surface area contributed by atoms with Crippen LogP contribution >= 0.6 is 11.6 Å². The number of amides is 1. The molecule has 0 fully saturated rings. The van der Waals surface area contributed by atoms with Gasteiger partial charge in [-0.05, 0) is 47.4 Å². The largest absolute Gasteiger partial charge is 0.384 e. The number of hydrogen-bond acceptors (Lipinski definition) is 3. The van der Waals surface area contributed by atoms with Gasteiger partial charge >= 0.3 is 0 Å². The topological polar surface area (TPSA) is 41.6 Å². The van der Waals surface area contributed by atoms with E-state index in [4.69, 9.17) is 16.3 Å². The van der Waals surface area contributed by atoms with Crippen molar-refractivity contribution in [1.82, 2.24) is 4.90 Å². The maximum atomic E-state index is 12.1. The Labute approximate surface area is 153 Å². The van der Waals surface area contributed by atoms with Crippen molar-refractivity contribution < 1.29 is 9.53 Å². The van der Waals surface area contributed by atoms with E-state index in [1.165, 1.54) is 16.7 Å². The van der Waals surface area contributed by atoms with E-state index in [9.17, 15) is 4.79 Å². The van der Waals surface area contributed by atoms with Gasteiger partial charge in [0.25, 0.3) is 0 Å². The third-order valence-electron chi connectivity index (χ3n) is 4.50. The lowest BCUT2D eigenvalue weighted by Crippen LogP contribution is -2.36. The van der Waals surface area contributed by atoms with Crippen LogP contribution in [0.5, 0.6) is 0 Å². The number of carbonyl (C=O) groups excluding carboxylic acids is 1. The minimum atomic E-state index is 0.164. The van der Waals surface area contributed by atoms with E-state index in [-0.39, 0.29) is 5.91 Å². The van der Waals surface area contributed by atoms with E-state index in [0.717, 1.165) is 30.2 Å². The number of benzene rings is 2. The number of ether oxygens (including phenoxy) is 1. The maximum Gasteiger partial charge on any atom is 0.225 e. The molecule has 1 N–H and O–H groups in total. The zero-order valence-corrected chi connectivity index (χ0v) is 15.2. The summed E-state index contributed by atoms with van der Waals surface area (Å²) in [6, 6.07) is 14.3. The van der Waals surface area contributed by atoms with E-state index in [1.807, 2.05) is 29.2 Å². The van der Waals surface area contributed by atoms with Crippen molar-refractivity contribution in [1.29, 1.82) is 0 Å². The molecule has 1 amide bonds. The van der Waals surface area contributed by atoms with Gasteiger partial charge in [-0.1, -0.05) is 29.8 Å². The highest BCUT2D eigenvalue weighted by Gasteiger charge is 2.20. The Morgan fingerprint density at radius 2 is 2.00 bits per heavy atom. The molecule has 0 spiro atoms. The number of halogens is 1. The quantitative estimate of drug-likeness (QED) is 0.852. The molecule has 1 aliphatic heterocycles. The second kappa shape index (κ2) is 8.37. The lowest BCUT2D eigenvalue weighted by atomic mass is 9.98. The molecule has 2 aromatic rings. The van der Waals surface area contributed by atoms with Gasteiger partial charge in [0.2, 0.25) is 5.91 Å². The van der Waals surface area contributed by atoms with Crippen LogP contribution in [0.2, 0.25) is 5.02 Å². The predicted octanol–water partition coefficient (Wildman–Crippen LogP) is 3.87. The molecule has 4 nitrogen and oxygen atoms in total. The Hall–Kier alpha value is -2.04. The van der Waals surface area contributed by atoms with Gasteiger partial charge in [0, 0.05) is 37.5 Å². The lowest BCUT2D eigenvalue weighted by Gasteiger charge is -2.29. The fourth-order valence-electron chi connectivity index (χ4n) is 3.03. The first-order valence-electron chi connectivity index (χ1n) is 8.52. The molecule has 3 rings (SSSR count). The Morgan fingerprint density at radius 1 is 1.20 bits per heavy atom. The fourth-order valence-corrected chi connectivity index (χ4v) is 3.16. The second-order valence-corrected chi connectivity index (χ2v) is 6.71. The first kappa shape index (κ1) is 17.8. The van der Waals surface area contributed by atoms with Gasteiger partial charge in [0.05, 0.1) is 13.0 Å². The Balaban J connectivity index is 1.59. The molecular weight excluding hydrogens is 336 g/mol. The van der Waals surface area contributed by atoms with Crippen molar-refractivity contribution in [3.63, 3.8) is 0 Å². The summed E-state index contributed by atoms with van der Waals surface area (Å²) in [6.45, 7) is 2.71. The number of nitrogens with zero attached hydrogens (tertiary/aromatic N) is 1. The van der Waals surface area contributed by atoms with Crippen LogP contribution in [0.15, 0.2) is 42.5 Å². The highest BCUT2D eigenvalue weighted by Crippen LogP contribution is 2.23. The van der Waals surface area contributed by atoms with Crippen LogP contribution in [0.1, 0.15) is 23.1 Å². The molecule has 0 saturated carbocycles. The molecule has 5 heteroatoms. The normalized spacial score (nSPS) is 13.4. The van der Waals surface area contributed by atoms with Gasteiger partial charge < -0.3 is 15.0 Å². The highest BCUT2D eigenvalue weighted by atomic mass is 35.5. The first-order valence-corrected chi connectivity index (χ1v) is 8.90. The van der Waals surface area contributed by atoms with Crippen LogP contribution in [0.25, 0.3) is 0 Å². The van der Waals surface area contributed by atoms with E-state index in [2.05, 4.69) is 23.5 Å². The van der Waals surface area contributed by atoms with E-state index < -0.39 is 0 Å². The lowest BCUT2D eigenvalue weighted by molar-refractivity contribution is -0.133. The zero-order chi connectivity index (χ0) is 17.6. The number of hydrogen-bond donors (Lipinski definition) is 1. The second-order valence-electron chi connectivity index (χ2n) is 6.27. The zero-order valence-electron chi connectivity index (χ0n) is 14.4. The number of anilines is 1. The van der Waals surface area contributed by atoms with Crippen LogP contribution in [-0.4, -0.2) is 31.1 Å².